The molecule has 8 nitrogen and oxygen atoms in total. The lowest BCUT2D eigenvalue weighted by Gasteiger charge is -2.18. The number of carbonyl (C=O) groups excluding carboxylic acids is 2. The summed E-state index contributed by atoms with van der Waals surface area (Å²) >= 11 is 0. The first-order chi connectivity index (χ1) is 16.0. The Morgan fingerprint density at radius 1 is 1.06 bits per heavy atom. The molecule has 1 aliphatic heterocycles. The van der Waals surface area contributed by atoms with Crippen LogP contribution in [-0.2, 0) is 19.1 Å². The molecule has 0 spiro atoms. The summed E-state index contributed by atoms with van der Waals surface area (Å²) in [5, 5.41) is 14.3. The standard InChI is InChI=1S/C25H28N2O6/c1-2-21(24(29)30)27-23(28)22-12-11-15(33-22)13-26-25(31)32-14-20-18-9-5-3-7-16(18)17-8-4-6-10-19(17)20/h3-10,15,20-22H,2,11-14H2,1H3,(H,26,31)(H,27,28)(H,29,30). The Morgan fingerprint density at radius 2 is 1.70 bits per heavy atom. The second-order valence-corrected chi connectivity index (χ2v) is 8.34. The Hall–Kier alpha value is -3.39. The highest BCUT2D eigenvalue weighted by molar-refractivity contribution is 5.86. The van der Waals surface area contributed by atoms with E-state index in [0.717, 1.165) is 11.1 Å². The minimum Gasteiger partial charge on any atom is -0.480 e. The van der Waals surface area contributed by atoms with Gasteiger partial charge < -0.3 is 25.2 Å². The summed E-state index contributed by atoms with van der Waals surface area (Å²) < 4.78 is 11.2. The first kappa shape index (κ1) is 22.8. The van der Waals surface area contributed by atoms with Gasteiger partial charge in [0.25, 0.3) is 0 Å². The van der Waals surface area contributed by atoms with Crippen LogP contribution in [-0.4, -0.2) is 54.5 Å². The lowest BCUT2D eigenvalue weighted by atomic mass is 9.98. The fourth-order valence-corrected chi connectivity index (χ4v) is 4.50. The Kier molecular flexibility index (Phi) is 6.93. The van der Waals surface area contributed by atoms with Crippen molar-refractivity contribution >= 4 is 18.0 Å². The van der Waals surface area contributed by atoms with E-state index in [-0.39, 0.29) is 25.2 Å². The molecule has 3 atom stereocenters. The Balaban J connectivity index is 1.25. The van der Waals surface area contributed by atoms with Gasteiger partial charge in [-0.15, -0.1) is 0 Å². The van der Waals surface area contributed by atoms with Gasteiger partial charge in [-0.1, -0.05) is 55.5 Å². The molecular formula is C25H28N2O6. The second kappa shape index (κ2) is 10.0. The number of carboxylic acids is 1. The van der Waals surface area contributed by atoms with Crippen LogP contribution in [0.15, 0.2) is 48.5 Å². The van der Waals surface area contributed by atoms with Gasteiger partial charge in [-0.05, 0) is 41.5 Å². The molecule has 1 saturated heterocycles. The molecule has 33 heavy (non-hydrogen) atoms. The molecule has 1 heterocycles. The molecule has 1 aliphatic carbocycles. The number of alkyl carbamates (subject to hydrolysis) is 1. The van der Waals surface area contributed by atoms with Crippen molar-refractivity contribution in [1.82, 2.24) is 10.6 Å². The van der Waals surface area contributed by atoms with E-state index in [9.17, 15) is 14.4 Å². The maximum absolute atomic E-state index is 12.3. The minimum absolute atomic E-state index is 0.0142. The maximum atomic E-state index is 12.3. The smallest absolute Gasteiger partial charge is 0.407 e. The fourth-order valence-electron chi connectivity index (χ4n) is 4.50. The van der Waals surface area contributed by atoms with Crippen LogP contribution in [0.4, 0.5) is 4.79 Å². The number of carboxylic acid groups (broad SMARTS) is 1. The number of aliphatic carboxylic acids is 1. The predicted octanol–water partition coefficient (Wildman–Crippen LogP) is 3.05. The third-order valence-corrected chi connectivity index (χ3v) is 6.24. The number of hydrogen-bond donors (Lipinski definition) is 3. The lowest BCUT2D eigenvalue weighted by molar-refractivity contribution is -0.144. The van der Waals surface area contributed by atoms with Gasteiger partial charge in [0, 0.05) is 12.5 Å². The van der Waals surface area contributed by atoms with E-state index >= 15 is 0 Å². The van der Waals surface area contributed by atoms with Crippen molar-refractivity contribution in [2.24, 2.45) is 0 Å². The van der Waals surface area contributed by atoms with E-state index in [0.29, 0.717) is 19.3 Å². The van der Waals surface area contributed by atoms with Crippen LogP contribution >= 0.6 is 0 Å². The second-order valence-electron chi connectivity index (χ2n) is 8.34. The third-order valence-electron chi connectivity index (χ3n) is 6.24. The van der Waals surface area contributed by atoms with E-state index in [1.807, 2.05) is 24.3 Å². The van der Waals surface area contributed by atoms with Crippen LogP contribution in [0.25, 0.3) is 11.1 Å². The zero-order valence-electron chi connectivity index (χ0n) is 18.5. The van der Waals surface area contributed by atoms with E-state index in [4.69, 9.17) is 14.6 Å². The summed E-state index contributed by atoms with van der Waals surface area (Å²) in [5.74, 6) is -1.52. The summed E-state index contributed by atoms with van der Waals surface area (Å²) in [5.41, 5.74) is 4.62. The normalized spacial score (nSPS) is 19.9. The zero-order chi connectivity index (χ0) is 23.4. The maximum Gasteiger partial charge on any atom is 0.407 e. The molecule has 0 bridgehead atoms. The summed E-state index contributed by atoms with van der Waals surface area (Å²) in [4.78, 5) is 35.7. The first-order valence-electron chi connectivity index (χ1n) is 11.3. The zero-order valence-corrected chi connectivity index (χ0v) is 18.5. The first-order valence-corrected chi connectivity index (χ1v) is 11.3. The van der Waals surface area contributed by atoms with Crippen LogP contribution in [0.1, 0.15) is 43.2 Å². The van der Waals surface area contributed by atoms with E-state index in [2.05, 4.69) is 34.9 Å². The van der Waals surface area contributed by atoms with Crippen LogP contribution in [0.5, 0.6) is 0 Å². The van der Waals surface area contributed by atoms with Crippen LogP contribution < -0.4 is 10.6 Å². The van der Waals surface area contributed by atoms with Crippen molar-refractivity contribution in [2.75, 3.05) is 13.2 Å². The highest BCUT2D eigenvalue weighted by Gasteiger charge is 2.33. The molecule has 0 radical (unpaired) electrons. The molecule has 3 N–H and O–H groups in total. The number of rotatable bonds is 8. The molecule has 2 amide bonds. The molecule has 2 aromatic rings. The fraction of sp³-hybridized carbons (Fsp3) is 0.400. The van der Waals surface area contributed by atoms with Crippen molar-refractivity contribution in [1.29, 1.82) is 0 Å². The average Bonchev–Trinajstić information content (AvgIpc) is 3.42. The molecular weight excluding hydrogens is 424 g/mol. The summed E-state index contributed by atoms with van der Waals surface area (Å²) in [6, 6.07) is 15.3. The van der Waals surface area contributed by atoms with Gasteiger partial charge in [0.1, 0.15) is 18.8 Å². The number of ether oxygens (including phenoxy) is 2. The molecule has 3 unspecified atom stereocenters. The minimum atomic E-state index is -1.07. The SMILES string of the molecule is CCC(NC(=O)C1CCC(CNC(=O)OCC2c3ccccc3-c3ccccc32)O1)C(=O)O. The van der Waals surface area contributed by atoms with Crippen LogP contribution in [0.3, 0.4) is 0 Å². The van der Waals surface area contributed by atoms with Crippen molar-refractivity contribution in [2.45, 2.75) is 50.4 Å². The number of benzene rings is 2. The number of amides is 2. The molecule has 0 saturated carbocycles. The number of hydrogen-bond acceptors (Lipinski definition) is 5. The quantitative estimate of drug-likeness (QED) is 0.567. The molecule has 8 heteroatoms. The van der Waals surface area contributed by atoms with Crippen LogP contribution in [0, 0.1) is 0 Å². The number of nitrogens with one attached hydrogen (secondary N) is 2. The predicted molar refractivity (Wildman–Crippen MR) is 121 cm³/mol. The molecule has 0 aromatic heterocycles. The molecule has 4 rings (SSSR count). The summed E-state index contributed by atoms with van der Waals surface area (Å²) in [6.07, 6.45) is -0.227. The summed E-state index contributed by atoms with van der Waals surface area (Å²) in [7, 11) is 0. The average molecular weight is 453 g/mol. The Labute approximate surface area is 192 Å². The highest BCUT2D eigenvalue weighted by atomic mass is 16.5. The van der Waals surface area contributed by atoms with Gasteiger partial charge >= 0.3 is 12.1 Å². The molecule has 174 valence electrons. The number of carbonyl (C=O) groups is 3. The van der Waals surface area contributed by atoms with Gasteiger partial charge in [0.05, 0.1) is 6.10 Å². The largest absolute Gasteiger partial charge is 0.480 e. The van der Waals surface area contributed by atoms with E-state index < -0.39 is 30.1 Å². The lowest BCUT2D eigenvalue weighted by Crippen LogP contribution is -2.45. The van der Waals surface area contributed by atoms with Gasteiger partial charge in [0.15, 0.2) is 0 Å². The van der Waals surface area contributed by atoms with E-state index in [1.54, 1.807) is 6.92 Å². The molecule has 2 aliphatic rings. The number of fused-ring (bicyclic) bond motifs is 3. The van der Waals surface area contributed by atoms with Crippen molar-refractivity contribution in [3.05, 3.63) is 59.7 Å². The Bertz CT molecular complexity index is 994. The van der Waals surface area contributed by atoms with Crippen molar-refractivity contribution in [3.63, 3.8) is 0 Å². The van der Waals surface area contributed by atoms with Gasteiger partial charge in [-0.25, -0.2) is 9.59 Å². The van der Waals surface area contributed by atoms with Crippen LogP contribution in [0.2, 0.25) is 0 Å². The van der Waals surface area contributed by atoms with Crippen molar-refractivity contribution < 1.29 is 29.0 Å². The van der Waals surface area contributed by atoms with Crippen molar-refractivity contribution in [3.8, 4) is 11.1 Å². The monoisotopic (exact) mass is 452 g/mol. The third kappa shape index (κ3) is 5.01. The van der Waals surface area contributed by atoms with Gasteiger partial charge in [-0.2, -0.15) is 0 Å². The highest BCUT2D eigenvalue weighted by Crippen LogP contribution is 2.44. The summed E-state index contributed by atoms with van der Waals surface area (Å²) in [6.45, 7) is 2.14. The Morgan fingerprint density at radius 3 is 2.30 bits per heavy atom. The van der Waals surface area contributed by atoms with Gasteiger partial charge in [0.2, 0.25) is 5.91 Å². The molecule has 2 aromatic carbocycles. The van der Waals surface area contributed by atoms with Gasteiger partial charge in [-0.3, -0.25) is 4.79 Å². The molecule has 1 fully saturated rings. The topological polar surface area (TPSA) is 114 Å². The van der Waals surface area contributed by atoms with E-state index in [1.165, 1.54) is 11.1 Å².